The van der Waals surface area contributed by atoms with Crippen molar-refractivity contribution in [2.75, 3.05) is 0 Å². The molecule has 34 heavy (non-hydrogen) atoms. The Balaban J connectivity index is 0.00000182. The molecule has 12 heteroatoms. The van der Waals surface area contributed by atoms with Gasteiger partial charge in [-0.15, -0.1) is 0 Å². The molecule has 1 heterocycles. The SMILES string of the molecule is CCc1nn(CC(C)(C)O)c(-c2ccc(CC(C)(C)C(F)(F)F)cc2OC(F)F)c1Cl.O=C=O. The largest absolute Gasteiger partial charge is 0.434 e. The lowest BCUT2D eigenvalue weighted by molar-refractivity contribution is -0.211. The molecule has 0 aliphatic carbocycles. The van der Waals surface area contributed by atoms with Crippen molar-refractivity contribution in [1.82, 2.24) is 9.78 Å². The zero-order valence-electron chi connectivity index (χ0n) is 19.3. The van der Waals surface area contributed by atoms with Crippen LogP contribution in [0.2, 0.25) is 5.02 Å². The molecule has 2 aromatic rings. The summed E-state index contributed by atoms with van der Waals surface area (Å²) in [7, 11) is 0. The molecule has 0 radical (unpaired) electrons. The lowest BCUT2D eigenvalue weighted by Crippen LogP contribution is -2.34. The third kappa shape index (κ3) is 7.78. The summed E-state index contributed by atoms with van der Waals surface area (Å²) in [6.45, 7) is 3.81. The Morgan fingerprint density at radius 1 is 1.18 bits per heavy atom. The summed E-state index contributed by atoms with van der Waals surface area (Å²) >= 11 is 6.45. The smallest absolute Gasteiger partial charge is 0.394 e. The minimum Gasteiger partial charge on any atom is -0.434 e. The fourth-order valence-corrected chi connectivity index (χ4v) is 3.50. The van der Waals surface area contributed by atoms with Crippen LogP contribution in [0.1, 0.15) is 45.9 Å². The zero-order chi connectivity index (χ0) is 26.5. The van der Waals surface area contributed by atoms with Gasteiger partial charge in [0.25, 0.3) is 0 Å². The topological polar surface area (TPSA) is 81.4 Å². The predicted octanol–water partition coefficient (Wildman–Crippen LogP) is 5.69. The molecule has 0 spiro atoms. The Kier molecular flexibility index (Phi) is 9.81. The number of aliphatic hydroxyl groups is 1. The van der Waals surface area contributed by atoms with Crippen LogP contribution in [-0.4, -0.2) is 39.4 Å². The molecule has 1 aromatic heterocycles. The zero-order valence-corrected chi connectivity index (χ0v) is 20.0. The van der Waals surface area contributed by atoms with Crippen LogP contribution in [0.15, 0.2) is 18.2 Å². The number of aromatic nitrogens is 2. The maximum absolute atomic E-state index is 13.3. The van der Waals surface area contributed by atoms with E-state index in [-0.39, 0.29) is 40.3 Å². The van der Waals surface area contributed by atoms with E-state index >= 15 is 0 Å². The molecule has 0 unspecified atom stereocenters. The second-order valence-corrected chi connectivity index (χ2v) is 9.16. The highest BCUT2D eigenvalue weighted by molar-refractivity contribution is 6.33. The van der Waals surface area contributed by atoms with E-state index in [1.54, 1.807) is 13.8 Å². The molecule has 190 valence electrons. The molecule has 1 aromatic carbocycles. The average Bonchev–Trinajstić information content (AvgIpc) is 2.94. The van der Waals surface area contributed by atoms with E-state index in [4.69, 9.17) is 21.2 Å². The van der Waals surface area contributed by atoms with Crippen LogP contribution in [0.3, 0.4) is 0 Å². The summed E-state index contributed by atoms with van der Waals surface area (Å²) in [6.07, 6.45) is -4.19. The van der Waals surface area contributed by atoms with E-state index < -0.39 is 30.2 Å². The highest BCUT2D eigenvalue weighted by Gasteiger charge is 2.47. The number of alkyl halides is 5. The third-order valence-corrected chi connectivity index (χ3v) is 5.16. The quantitative estimate of drug-likeness (QED) is 0.460. The fraction of sp³-hybridized carbons (Fsp3) is 0.545. The first-order valence-electron chi connectivity index (χ1n) is 10.1. The van der Waals surface area contributed by atoms with E-state index in [2.05, 4.69) is 9.84 Å². The fourth-order valence-electron chi connectivity index (χ4n) is 3.13. The van der Waals surface area contributed by atoms with Gasteiger partial charge in [-0.1, -0.05) is 38.4 Å². The van der Waals surface area contributed by atoms with Crippen molar-refractivity contribution in [3.05, 3.63) is 34.5 Å². The van der Waals surface area contributed by atoms with Gasteiger partial charge in [-0.25, -0.2) is 0 Å². The van der Waals surface area contributed by atoms with Crippen molar-refractivity contribution in [1.29, 1.82) is 0 Å². The molecule has 0 atom stereocenters. The first-order chi connectivity index (χ1) is 15.5. The van der Waals surface area contributed by atoms with Gasteiger partial charge in [0.2, 0.25) is 0 Å². The summed E-state index contributed by atoms with van der Waals surface area (Å²) in [5.41, 5.74) is -2.18. The van der Waals surface area contributed by atoms with Crippen LogP contribution in [0.25, 0.3) is 11.3 Å². The molecule has 0 aliphatic rings. The summed E-state index contributed by atoms with van der Waals surface area (Å²) < 4.78 is 72.1. The molecule has 1 N–H and O–H groups in total. The first kappa shape index (κ1) is 29.5. The maximum Gasteiger partial charge on any atom is 0.394 e. The molecular weight excluding hydrogens is 487 g/mol. The van der Waals surface area contributed by atoms with Crippen molar-refractivity contribution in [3.8, 4) is 17.0 Å². The van der Waals surface area contributed by atoms with Gasteiger partial charge in [-0.05, 0) is 44.4 Å². The van der Waals surface area contributed by atoms with Crippen LogP contribution in [0.5, 0.6) is 5.75 Å². The van der Waals surface area contributed by atoms with E-state index in [0.717, 1.165) is 13.8 Å². The Morgan fingerprint density at radius 2 is 1.74 bits per heavy atom. The number of halogens is 6. The minimum absolute atomic E-state index is 0.0129. The lowest BCUT2D eigenvalue weighted by Gasteiger charge is -2.28. The molecule has 0 aliphatic heterocycles. The van der Waals surface area contributed by atoms with Gasteiger partial charge in [-0.3, -0.25) is 4.68 Å². The van der Waals surface area contributed by atoms with Crippen molar-refractivity contribution >= 4 is 17.8 Å². The van der Waals surface area contributed by atoms with Gasteiger partial charge in [-0.2, -0.15) is 36.6 Å². The van der Waals surface area contributed by atoms with Crippen molar-refractivity contribution in [2.24, 2.45) is 5.41 Å². The molecule has 0 saturated carbocycles. The number of benzene rings is 1. The van der Waals surface area contributed by atoms with Crippen molar-refractivity contribution in [3.63, 3.8) is 0 Å². The number of rotatable bonds is 8. The number of carbonyl (C=O) groups excluding carboxylic acids is 2. The van der Waals surface area contributed by atoms with E-state index in [1.165, 1.54) is 22.9 Å². The molecule has 0 fully saturated rings. The monoisotopic (exact) mass is 512 g/mol. The number of hydrogen-bond acceptors (Lipinski definition) is 5. The molecule has 6 nitrogen and oxygen atoms in total. The van der Waals surface area contributed by atoms with Gasteiger partial charge in [0.1, 0.15) is 5.75 Å². The highest BCUT2D eigenvalue weighted by atomic mass is 35.5. The van der Waals surface area contributed by atoms with Crippen LogP contribution in [0, 0.1) is 5.41 Å². The molecule has 0 bridgehead atoms. The second kappa shape index (κ2) is 11.3. The van der Waals surface area contributed by atoms with Gasteiger partial charge in [0.05, 0.1) is 34.0 Å². The van der Waals surface area contributed by atoms with E-state index in [9.17, 15) is 27.1 Å². The van der Waals surface area contributed by atoms with E-state index in [0.29, 0.717) is 12.1 Å². The third-order valence-electron chi connectivity index (χ3n) is 4.76. The number of aryl methyl sites for hydroxylation is 1. The summed E-state index contributed by atoms with van der Waals surface area (Å²) in [6, 6.07) is 3.98. The molecule has 0 saturated heterocycles. The molecule has 0 amide bonds. The van der Waals surface area contributed by atoms with Gasteiger partial charge in [0.15, 0.2) is 0 Å². The van der Waals surface area contributed by atoms with E-state index in [1.807, 2.05) is 6.92 Å². The van der Waals surface area contributed by atoms with Gasteiger partial charge >= 0.3 is 18.9 Å². The Morgan fingerprint density at radius 3 is 2.18 bits per heavy atom. The Bertz CT molecular complexity index is 1010. The summed E-state index contributed by atoms with van der Waals surface area (Å²) in [5, 5.41) is 14.8. The van der Waals surface area contributed by atoms with Crippen LogP contribution >= 0.6 is 11.6 Å². The van der Waals surface area contributed by atoms with Crippen LogP contribution in [-0.2, 0) is 29.0 Å². The van der Waals surface area contributed by atoms with Crippen molar-refractivity contribution in [2.45, 2.75) is 72.4 Å². The number of ether oxygens (including phenoxy) is 1. The van der Waals surface area contributed by atoms with Crippen molar-refractivity contribution < 1.29 is 41.4 Å². The lowest BCUT2D eigenvalue weighted by atomic mass is 9.84. The van der Waals surface area contributed by atoms with Gasteiger partial charge in [0, 0.05) is 5.56 Å². The molecule has 2 rings (SSSR count). The van der Waals surface area contributed by atoms with Gasteiger partial charge < -0.3 is 9.84 Å². The number of hydrogen-bond donors (Lipinski definition) is 1. The summed E-state index contributed by atoms with van der Waals surface area (Å²) in [4.78, 5) is 16.2. The second-order valence-electron chi connectivity index (χ2n) is 8.78. The number of nitrogens with zero attached hydrogens (tertiary/aromatic N) is 2. The minimum atomic E-state index is -4.47. The first-order valence-corrected chi connectivity index (χ1v) is 10.5. The normalized spacial score (nSPS) is 12.3. The highest BCUT2D eigenvalue weighted by Crippen LogP contribution is 2.43. The summed E-state index contributed by atoms with van der Waals surface area (Å²) in [5.74, 6) is -0.313. The maximum atomic E-state index is 13.3. The Hall–Kier alpha value is -2.49. The van der Waals surface area contributed by atoms with Crippen LogP contribution in [0.4, 0.5) is 22.0 Å². The predicted molar refractivity (Wildman–Crippen MR) is 114 cm³/mol. The average molecular weight is 513 g/mol. The Labute approximate surface area is 198 Å². The van der Waals surface area contributed by atoms with Crippen LogP contribution < -0.4 is 4.74 Å². The molecular formula is C22H26ClF5N2O4. The standard InChI is InChI=1S/C21H26ClF5N2O2.CO2/c1-6-14-16(22)17(29(28-14)11-20(4,5)30)13-8-7-12(9-15(13)31-18(23)24)10-19(2,3)21(25,26)27;2-1-3/h7-9,18,30H,6,10-11H2,1-5H3;.